The lowest BCUT2D eigenvalue weighted by molar-refractivity contribution is -0.122. The summed E-state index contributed by atoms with van der Waals surface area (Å²) < 4.78 is 16.1. The molecule has 29 heavy (non-hydrogen) atoms. The fourth-order valence-electron chi connectivity index (χ4n) is 4.84. The average Bonchev–Trinajstić information content (AvgIpc) is 3.15. The third-order valence-electron chi connectivity index (χ3n) is 6.33. The number of halogens is 1. The zero-order valence-electron chi connectivity index (χ0n) is 17.5. The maximum Gasteiger partial charge on any atom is 0.290 e. The number of imidazole rings is 1. The summed E-state index contributed by atoms with van der Waals surface area (Å²) in [5.74, 6) is 0.984. The van der Waals surface area contributed by atoms with E-state index < -0.39 is 0 Å². The maximum absolute atomic E-state index is 13.7. The number of carbonyl (C=O) groups is 1. The van der Waals surface area contributed by atoms with Crippen molar-refractivity contribution in [3.63, 3.8) is 0 Å². The number of aromatic nitrogens is 2. The summed E-state index contributed by atoms with van der Waals surface area (Å²) >= 11 is 0. The Balaban J connectivity index is 0.000000755. The first-order chi connectivity index (χ1) is 14.0. The van der Waals surface area contributed by atoms with Crippen molar-refractivity contribution in [3.8, 4) is 11.3 Å². The van der Waals surface area contributed by atoms with E-state index in [2.05, 4.69) is 35.1 Å². The normalized spacial score (nSPS) is 18.9. The highest BCUT2D eigenvalue weighted by Gasteiger charge is 2.46. The van der Waals surface area contributed by atoms with Gasteiger partial charge in [0.25, 0.3) is 6.47 Å². The summed E-state index contributed by atoms with van der Waals surface area (Å²) in [7, 11) is 0. The lowest BCUT2D eigenvalue weighted by Crippen LogP contribution is -2.58. The molecule has 3 heterocycles. The number of likely N-dealkylation sites (tertiary alicyclic amines) is 1. The quantitative estimate of drug-likeness (QED) is 0.797. The SMILES string of the molecule is CCN1CCn2c(-c3cccc(F)c3)cnc2C12CCN(C(C)C)CC2.O=CO. The van der Waals surface area contributed by atoms with Gasteiger partial charge >= 0.3 is 0 Å². The molecule has 0 atom stereocenters. The number of rotatable bonds is 3. The molecular formula is C22H31FN4O2. The first-order valence-electron chi connectivity index (χ1n) is 10.4. The minimum atomic E-state index is -0.250. The van der Waals surface area contributed by atoms with E-state index in [4.69, 9.17) is 14.9 Å². The van der Waals surface area contributed by atoms with Crippen LogP contribution in [0, 0.1) is 5.82 Å². The summed E-state index contributed by atoms with van der Waals surface area (Å²) in [6.07, 6.45) is 4.16. The topological polar surface area (TPSA) is 61.6 Å². The van der Waals surface area contributed by atoms with Gasteiger partial charge in [-0.25, -0.2) is 9.37 Å². The molecule has 0 bridgehead atoms. The van der Waals surface area contributed by atoms with Crippen molar-refractivity contribution in [2.45, 2.75) is 51.7 Å². The molecule has 0 aliphatic carbocycles. The van der Waals surface area contributed by atoms with E-state index in [0.29, 0.717) is 6.04 Å². The Bertz CT molecular complexity index is 828. The highest BCUT2D eigenvalue weighted by Crippen LogP contribution is 2.42. The third kappa shape index (κ3) is 4.07. The Morgan fingerprint density at radius 1 is 1.24 bits per heavy atom. The van der Waals surface area contributed by atoms with Crippen LogP contribution in [0.25, 0.3) is 11.3 Å². The number of likely N-dealkylation sites (N-methyl/N-ethyl adjacent to an activating group) is 1. The smallest absolute Gasteiger partial charge is 0.290 e. The van der Waals surface area contributed by atoms with Crippen LogP contribution >= 0.6 is 0 Å². The van der Waals surface area contributed by atoms with Gasteiger partial charge in [0.1, 0.15) is 11.6 Å². The molecule has 7 heteroatoms. The molecule has 1 fully saturated rings. The Morgan fingerprint density at radius 2 is 1.93 bits per heavy atom. The monoisotopic (exact) mass is 402 g/mol. The van der Waals surface area contributed by atoms with Crippen molar-refractivity contribution >= 4 is 6.47 Å². The Morgan fingerprint density at radius 3 is 2.52 bits per heavy atom. The van der Waals surface area contributed by atoms with Crippen LogP contribution in [0.4, 0.5) is 4.39 Å². The van der Waals surface area contributed by atoms with Crippen molar-refractivity contribution in [1.82, 2.24) is 19.4 Å². The number of hydrogen-bond donors (Lipinski definition) is 1. The maximum atomic E-state index is 13.7. The molecule has 6 nitrogen and oxygen atoms in total. The number of nitrogens with zero attached hydrogens (tertiary/aromatic N) is 4. The van der Waals surface area contributed by atoms with Gasteiger partial charge in [0, 0.05) is 37.8 Å². The molecule has 1 N–H and O–H groups in total. The second kappa shape index (κ2) is 9.05. The van der Waals surface area contributed by atoms with E-state index in [1.165, 1.54) is 11.9 Å². The van der Waals surface area contributed by atoms with Crippen LogP contribution < -0.4 is 0 Å². The first-order valence-corrected chi connectivity index (χ1v) is 10.4. The first kappa shape index (κ1) is 21.5. The van der Waals surface area contributed by atoms with Gasteiger partial charge in [0.05, 0.1) is 17.4 Å². The van der Waals surface area contributed by atoms with Gasteiger partial charge in [0.15, 0.2) is 0 Å². The van der Waals surface area contributed by atoms with Gasteiger partial charge in [-0.2, -0.15) is 0 Å². The predicted molar refractivity (Wildman–Crippen MR) is 111 cm³/mol. The van der Waals surface area contributed by atoms with Crippen LogP contribution in [-0.4, -0.2) is 63.2 Å². The van der Waals surface area contributed by atoms with Crippen molar-refractivity contribution in [3.05, 3.63) is 42.1 Å². The lowest BCUT2D eigenvalue weighted by Gasteiger charge is -2.51. The van der Waals surface area contributed by atoms with E-state index in [9.17, 15) is 4.39 Å². The third-order valence-corrected chi connectivity index (χ3v) is 6.33. The molecular weight excluding hydrogens is 371 g/mol. The van der Waals surface area contributed by atoms with Crippen LogP contribution in [0.3, 0.4) is 0 Å². The molecule has 4 rings (SSSR count). The Hall–Kier alpha value is -2.25. The second-order valence-electron chi connectivity index (χ2n) is 7.98. The molecule has 158 valence electrons. The minimum Gasteiger partial charge on any atom is -0.483 e. The van der Waals surface area contributed by atoms with E-state index in [0.717, 1.165) is 56.8 Å². The summed E-state index contributed by atoms with van der Waals surface area (Å²) in [4.78, 5) is 18.4. The fraction of sp³-hybridized carbons (Fsp3) is 0.545. The molecule has 2 aliphatic rings. The van der Waals surface area contributed by atoms with Crippen molar-refractivity contribution in [2.24, 2.45) is 0 Å². The number of carboxylic acid groups (broad SMARTS) is 1. The molecule has 0 saturated carbocycles. The highest BCUT2D eigenvalue weighted by atomic mass is 19.1. The van der Waals surface area contributed by atoms with Crippen molar-refractivity contribution in [1.29, 1.82) is 0 Å². The average molecular weight is 403 g/mol. The summed E-state index contributed by atoms with van der Waals surface area (Å²) in [6, 6.07) is 7.47. The van der Waals surface area contributed by atoms with Gasteiger partial charge in [-0.05, 0) is 45.4 Å². The minimum absolute atomic E-state index is 0.0178. The largest absolute Gasteiger partial charge is 0.483 e. The van der Waals surface area contributed by atoms with Crippen LogP contribution in [0.1, 0.15) is 39.4 Å². The summed E-state index contributed by atoms with van der Waals surface area (Å²) in [5.41, 5.74) is 1.98. The summed E-state index contributed by atoms with van der Waals surface area (Å²) in [5, 5.41) is 6.89. The van der Waals surface area contributed by atoms with Gasteiger partial charge in [0.2, 0.25) is 0 Å². The van der Waals surface area contributed by atoms with Crippen molar-refractivity contribution in [2.75, 3.05) is 26.2 Å². The molecule has 0 unspecified atom stereocenters. The molecule has 1 saturated heterocycles. The lowest BCUT2D eigenvalue weighted by atomic mass is 9.82. The van der Waals surface area contributed by atoms with Crippen LogP contribution in [0.2, 0.25) is 0 Å². The van der Waals surface area contributed by atoms with Crippen LogP contribution in [0.15, 0.2) is 30.5 Å². The molecule has 0 radical (unpaired) electrons. The van der Waals surface area contributed by atoms with Gasteiger partial charge in [-0.15, -0.1) is 0 Å². The van der Waals surface area contributed by atoms with E-state index >= 15 is 0 Å². The van der Waals surface area contributed by atoms with Crippen LogP contribution in [0.5, 0.6) is 0 Å². The molecule has 0 amide bonds. The number of fused-ring (bicyclic) bond motifs is 2. The zero-order chi connectivity index (χ0) is 21.0. The van der Waals surface area contributed by atoms with Crippen molar-refractivity contribution < 1.29 is 14.3 Å². The molecule has 2 aromatic rings. The molecule has 1 aromatic heterocycles. The predicted octanol–water partition coefficient (Wildman–Crippen LogP) is 3.43. The van der Waals surface area contributed by atoms with Crippen LogP contribution in [-0.2, 0) is 16.9 Å². The number of benzene rings is 1. The number of piperidine rings is 1. The van der Waals surface area contributed by atoms with E-state index in [1.54, 1.807) is 12.1 Å². The molecule has 2 aliphatic heterocycles. The number of hydrogen-bond acceptors (Lipinski definition) is 4. The Kier molecular flexibility index (Phi) is 6.70. The standard InChI is InChI=1S/C21H29FN4.CH2O2/c1-4-25-12-13-26-19(17-6-5-7-18(22)14-17)15-23-20(26)21(25)8-10-24(11-9-21)16(2)3;2-1-3/h5-7,14-16H,4,8-13H2,1-3H3;1H,(H,2,3). The summed E-state index contributed by atoms with van der Waals surface area (Å²) in [6.45, 7) is 11.8. The zero-order valence-corrected chi connectivity index (χ0v) is 17.5. The van der Waals surface area contributed by atoms with E-state index in [1.807, 2.05) is 12.3 Å². The second-order valence-corrected chi connectivity index (χ2v) is 7.98. The fourth-order valence-corrected chi connectivity index (χ4v) is 4.84. The highest BCUT2D eigenvalue weighted by molar-refractivity contribution is 5.60. The van der Waals surface area contributed by atoms with E-state index in [-0.39, 0.29) is 17.8 Å². The molecule has 1 spiro atoms. The molecule has 1 aromatic carbocycles. The van der Waals surface area contributed by atoms with Gasteiger partial charge < -0.3 is 14.6 Å². The Labute approximate surface area is 172 Å². The van der Waals surface area contributed by atoms with Gasteiger partial charge in [-0.3, -0.25) is 9.69 Å². The van der Waals surface area contributed by atoms with Gasteiger partial charge in [-0.1, -0.05) is 19.1 Å².